The second-order valence-electron chi connectivity index (χ2n) is 4.16. The predicted octanol–water partition coefficient (Wildman–Crippen LogP) is 4.06. The fraction of sp³-hybridized carbons (Fsp3) is 0.286. The minimum atomic E-state index is 0.610. The molecule has 0 radical (unpaired) electrons. The van der Waals surface area contributed by atoms with Crippen LogP contribution in [0.2, 0.25) is 0 Å². The molecule has 1 heterocycles. The zero-order valence-corrected chi connectivity index (χ0v) is 13.3. The summed E-state index contributed by atoms with van der Waals surface area (Å²) in [5, 5.41) is 0. The Morgan fingerprint density at radius 3 is 2.58 bits per heavy atom. The molecule has 1 aromatic heterocycles. The summed E-state index contributed by atoms with van der Waals surface area (Å²) >= 11 is 8.72. The highest BCUT2D eigenvalue weighted by Gasteiger charge is 2.05. The molecule has 0 amide bonds. The average molecular weight is 339 g/mol. The van der Waals surface area contributed by atoms with Gasteiger partial charge in [0.15, 0.2) is 0 Å². The largest absolute Gasteiger partial charge is 0.497 e. The third-order valence-corrected chi connectivity index (χ3v) is 4.28. The maximum absolute atomic E-state index is 5.25. The van der Waals surface area contributed by atoms with Crippen molar-refractivity contribution in [2.75, 3.05) is 7.11 Å². The molecule has 0 unspecified atom stereocenters. The van der Waals surface area contributed by atoms with Crippen molar-refractivity contribution in [1.29, 1.82) is 0 Å². The molecule has 0 atom stereocenters. The van der Waals surface area contributed by atoms with Gasteiger partial charge in [0.25, 0.3) is 0 Å². The van der Waals surface area contributed by atoms with Gasteiger partial charge in [0.1, 0.15) is 16.2 Å². The topological polar surface area (TPSA) is 37.9 Å². The minimum absolute atomic E-state index is 0.610. The molecule has 3 nitrogen and oxygen atoms in total. The van der Waals surface area contributed by atoms with Crippen LogP contribution in [0.5, 0.6) is 5.75 Å². The van der Waals surface area contributed by atoms with E-state index in [2.05, 4.69) is 32.8 Å². The van der Waals surface area contributed by atoms with E-state index < -0.39 is 0 Å². The molecular weight excluding hydrogens is 324 g/mol. The molecule has 2 aromatic rings. The van der Waals surface area contributed by atoms with Crippen LogP contribution in [0.3, 0.4) is 0 Å². The van der Waals surface area contributed by atoms with E-state index in [-0.39, 0.29) is 0 Å². The molecule has 2 rings (SSSR count). The highest BCUT2D eigenvalue weighted by Crippen LogP contribution is 2.18. The first-order valence-corrected chi connectivity index (χ1v) is 7.24. The number of benzene rings is 1. The van der Waals surface area contributed by atoms with Gasteiger partial charge >= 0.3 is 0 Å². The Labute approximate surface area is 126 Å². The lowest BCUT2D eigenvalue weighted by molar-refractivity contribution is 0.414. The van der Waals surface area contributed by atoms with E-state index in [1.165, 1.54) is 5.56 Å². The Morgan fingerprint density at radius 2 is 2.00 bits per heavy atom. The zero-order valence-electron chi connectivity index (χ0n) is 10.9. The van der Waals surface area contributed by atoms with Gasteiger partial charge in [-0.05, 0) is 40.0 Å². The van der Waals surface area contributed by atoms with Gasteiger partial charge in [0.05, 0.1) is 11.6 Å². The number of hydrogen-bond acceptors (Lipinski definition) is 3. The zero-order chi connectivity index (χ0) is 13.8. The number of aromatic amines is 1. The van der Waals surface area contributed by atoms with Crippen molar-refractivity contribution in [2.24, 2.45) is 0 Å². The highest BCUT2D eigenvalue weighted by molar-refractivity contribution is 9.10. The van der Waals surface area contributed by atoms with Crippen LogP contribution in [0.4, 0.5) is 0 Å². The fourth-order valence-electron chi connectivity index (χ4n) is 1.82. The minimum Gasteiger partial charge on any atom is -0.497 e. The molecule has 0 fully saturated rings. The number of hydrogen-bond donors (Lipinski definition) is 1. The van der Waals surface area contributed by atoms with Gasteiger partial charge in [0, 0.05) is 12.1 Å². The van der Waals surface area contributed by atoms with Crippen molar-refractivity contribution in [3.63, 3.8) is 0 Å². The van der Waals surface area contributed by atoms with Crippen LogP contribution in [0, 0.1) is 4.64 Å². The van der Waals surface area contributed by atoms with Crippen LogP contribution < -0.4 is 4.74 Å². The summed E-state index contributed by atoms with van der Waals surface area (Å²) in [7, 11) is 1.66. The molecule has 0 aliphatic carbocycles. The Kier molecular flexibility index (Phi) is 4.71. The molecule has 0 spiro atoms. The SMILES string of the molecule is CCc1[nH]c(Cc2ccc(OC)cc2)nc(=S)c1Br. The summed E-state index contributed by atoms with van der Waals surface area (Å²) in [4.78, 5) is 7.72. The summed E-state index contributed by atoms with van der Waals surface area (Å²) in [5.74, 6) is 1.74. The van der Waals surface area contributed by atoms with Gasteiger partial charge in [0.2, 0.25) is 0 Å². The lowest BCUT2D eigenvalue weighted by atomic mass is 10.1. The van der Waals surface area contributed by atoms with Crippen molar-refractivity contribution < 1.29 is 4.74 Å². The van der Waals surface area contributed by atoms with Crippen molar-refractivity contribution in [3.05, 3.63) is 50.5 Å². The van der Waals surface area contributed by atoms with E-state index in [0.29, 0.717) is 4.64 Å². The van der Waals surface area contributed by atoms with Crippen LogP contribution >= 0.6 is 28.1 Å². The van der Waals surface area contributed by atoms with Crippen LogP contribution in [0.1, 0.15) is 24.0 Å². The lowest BCUT2D eigenvalue weighted by Crippen LogP contribution is -2.02. The summed E-state index contributed by atoms with van der Waals surface area (Å²) in [5.41, 5.74) is 2.26. The standard InChI is InChI=1S/C14H15BrN2OS/c1-3-11-13(15)14(19)17-12(16-11)8-9-4-6-10(18-2)7-5-9/h4-7H,3,8H2,1-2H3,(H,16,17,19). The first-order chi connectivity index (χ1) is 9.13. The summed E-state index contributed by atoms with van der Waals surface area (Å²) < 4.78 is 6.65. The van der Waals surface area contributed by atoms with Gasteiger partial charge in [-0.1, -0.05) is 31.3 Å². The van der Waals surface area contributed by atoms with Crippen LogP contribution in [-0.2, 0) is 12.8 Å². The fourth-order valence-corrected chi connectivity index (χ4v) is 2.52. The van der Waals surface area contributed by atoms with E-state index in [0.717, 1.165) is 34.6 Å². The average Bonchev–Trinajstić information content (AvgIpc) is 2.43. The number of halogens is 1. The van der Waals surface area contributed by atoms with E-state index >= 15 is 0 Å². The summed E-state index contributed by atoms with van der Waals surface area (Å²) in [6.07, 6.45) is 1.62. The molecule has 0 saturated heterocycles. The van der Waals surface area contributed by atoms with Crippen LogP contribution in [0.15, 0.2) is 28.7 Å². The molecule has 0 aliphatic rings. The first kappa shape index (κ1) is 14.2. The van der Waals surface area contributed by atoms with E-state index in [4.69, 9.17) is 17.0 Å². The maximum atomic E-state index is 5.25. The van der Waals surface area contributed by atoms with Crippen molar-refractivity contribution in [2.45, 2.75) is 19.8 Å². The second kappa shape index (κ2) is 6.30. The van der Waals surface area contributed by atoms with E-state index in [9.17, 15) is 0 Å². The lowest BCUT2D eigenvalue weighted by Gasteiger charge is -2.07. The van der Waals surface area contributed by atoms with Crippen molar-refractivity contribution in [3.8, 4) is 5.75 Å². The monoisotopic (exact) mass is 338 g/mol. The number of methoxy groups -OCH3 is 1. The normalized spacial score (nSPS) is 10.5. The third-order valence-electron chi connectivity index (χ3n) is 2.87. The van der Waals surface area contributed by atoms with Gasteiger partial charge < -0.3 is 9.72 Å². The molecular formula is C14H15BrN2OS. The summed E-state index contributed by atoms with van der Waals surface area (Å²) in [6, 6.07) is 7.96. The number of H-pyrrole nitrogens is 1. The molecule has 5 heteroatoms. The molecule has 19 heavy (non-hydrogen) atoms. The number of ether oxygens (including phenoxy) is 1. The molecule has 1 aromatic carbocycles. The number of aromatic nitrogens is 2. The van der Waals surface area contributed by atoms with Crippen LogP contribution in [0.25, 0.3) is 0 Å². The number of nitrogens with zero attached hydrogens (tertiary/aromatic N) is 1. The predicted molar refractivity (Wildman–Crippen MR) is 82.3 cm³/mol. The highest BCUT2D eigenvalue weighted by atomic mass is 79.9. The van der Waals surface area contributed by atoms with Gasteiger partial charge in [-0.3, -0.25) is 0 Å². The first-order valence-electron chi connectivity index (χ1n) is 6.04. The third kappa shape index (κ3) is 3.42. The molecule has 100 valence electrons. The van der Waals surface area contributed by atoms with E-state index in [1.54, 1.807) is 7.11 Å². The molecule has 0 bridgehead atoms. The molecule has 1 N–H and O–H groups in total. The van der Waals surface area contributed by atoms with Crippen LogP contribution in [-0.4, -0.2) is 17.1 Å². The van der Waals surface area contributed by atoms with Crippen molar-refractivity contribution >= 4 is 28.1 Å². The Bertz CT molecular complexity index is 622. The Hall–Kier alpha value is -1.20. The Balaban J connectivity index is 2.27. The number of rotatable bonds is 4. The van der Waals surface area contributed by atoms with E-state index in [1.807, 2.05) is 24.3 Å². The Morgan fingerprint density at radius 1 is 1.32 bits per heavy atom. The second-order valence-corrected chi connectivity index (χ2v) is 5.34. The molecule has 0 saturated carbocycles. The number of aryl methyl sites for hydroxylation is 1. The van der Waals surface area contributed by atoms with Crippen molar-refractivity contribution in [1.82, 2.24) is 9.97 Å². The maximum Gasteiger partial charge on any atom is 0.144 e. The van der Waals surface area contributed by atoms with Gasteiger partial charge in [-0.25, -0.2) is 4.98 Å². The quantitative estimate of drug-likeness (QED) is 0.854. The molecule has 0 aliphatic heterocycles. The smallest absolute Gasteiger partial charge is 0.144 e. The summed E-state index contributed by atoms with van der Waals surface area (Å²) in [6.45, 7) is 2.09. The van der Waals surface area contributed by atoms with Gasteiger partial charge in [-0.2, -0.15) is 0 Å². The number of nitrogens with one attached hydrogen (secondary N) is 1. The van der Waals surface area contributed by atoms with Gasteiger partial charge in [-0.15, -0.1) is 0 Å².